The van der Waals surface area contributed by atoms with Crippen LogP contribution in [-0.2, 0) is 19.1 Å². The number of hydrogen-bond acceptors (Lipinski definition) is 6. The fourth-order valence-electron chi connectivity index (χ4n) is 2.76. The summed E-state index contributed by atoms with van der Waals surface area (Å²) >= 11 is 0. The van der Waals surface area contributed by atoms with E-state index in [1.54, 1.807) is 0 Å². The van der Waals surface area contributed by atoms with E-state index in [9.17, 15) is 9.59 Å². The van der Waals surface area contributed by atoms with Gasteiger partial charge < -0.3 is 20.9 Å². The Labute approximate surface area is 146 Å². The molecule has 0 fully saturated rings. The third kappa shape index (κ3) is 12.3. The van der Waals surface area contributed by atoms with Gasteiger partial charge in [-0.1, -0.05) is 27.7 Å². The first-order valence-corrected chi connectivity index (χ1v) is 8.99. The highest BCUT2D eigenvalue weighted by molar-refractivity contribution is 5.70. The van der Waals surface area contributed by atoms with Crippen molar-refractivity contribution >= 4 is 11.9 Å². The van der Waals surface area contributed by atoms with E-state index in [0.29, 0.717) is 37.8 Å². The van der Waals surface area contributed by atoms with Crippen LogP contribution in [0.15, 0.2) is 0 Å². The summed E-state index contributed by atoms with van der Waals surface area (Å²) in [5.41, 5.74) is 11.3. The lowest BCUT2D eigenvalue weighted by Gasteiger charge is -2.17. The standard InChI is InChI=1S/C18H36N2O4/c1-13(2)7-15(11-19)9-17(21)23-5-6-24-18(22)10-16(12-20)8-14(3)4/h13-16H,5-12,19-20H2,1-4H3/t15-,16-/m0/s1. The second kappa shape index (κ2) is 13.2. The molecule has 142 valence electrons. The lowest BCUT2D eigenvalue weighted by molar-refractivity contribution is -0.153. The van der Waals surface area contributed by atoms with Gasteiger partial charge in [0.25, 0.3) is 0 Å². The number of hydrogen-bond donors (Lipinski definition) is 2. The molecule has 6 nitrogen and oxygen atoms in total. The van der Waals surface area contributed by atoms with Gasteiger partial charge in [-0.3, -0.25) is 9.59 Å². The van der Waals surface area contributed by atoms with Crippen LogP contribution in [0.3, 0.4) is 0 Å². The molecule has 0 aromatic heterocycles. The van der Waals surface area contributed by atoms with Crippen molar-refractivity contribution in [2.75, 3.05) is 26.3 Å². The van der Waals surface area contributed by atoms with Crippen LogP contribution in [0.5, 0.6) is 0 Å². The molecule has 0 amide bonds. The Morgan fingerprint density at radius 1 is 0.750 bits per heavy atom. The lowest BCUT2D eigenvalue weighted by atomic mass is 9.94. The molecule has 0 saturated heterocycles. The van der Waals surface area contributed by atoms with Gasteiger partial charge in [0.1, 0.15) is 13.2 Å². The fraction of sp³-hybridized carbons (Fsp3) is 0.889. The molecule has 0 bridgehead atoms. The van der Waals surface area contributed by atoms with Crippen molar-refractivity contribution in [3.63, 3.8) is 0 Å². The minimum atomic E-state index is -0.290. The highest BCUT2D eigenvalue weighted by Crippen LogP contribution is 2.15. The molecule has 0 spiro atoms. The first-order chi connectivity index (χ1) is 11.3. The van der Waals surface area contributed by atoms with Crippen molar-refractivity contribution in [3.05, 3.63) is 0 Å². The highest BCUT2D eigenvalue weighted by atomic mass is 16.6. The van der Waals surface area contributed by atoms with Crippen molar-refractivity contribution in [3.8, 4) is 0 Å². The lowest BCUT2D eigenvalue weighted by Crippen LogP contribution is -2.23. The minimum absolute atomic E-state index is 0.0843. The van der Waals surface area contributed by atoms with Crippen LogP contribution in [0.1, 0.15) is 53.4 Å². The quantitative estimate of drug-likeness (QED) is 0.391. The van der Waals surface area contributed by atoms with Gasteiger partial charge in [-0.05, 0) is 49.6 Å². The van der Waals surface area contributed by atoms with E-state index in [2.05, 4.69) is 27.7 Å². The third-order valence-corrected chi connectivity index (χ3v) is 3.80. The van der Waals surface area contributed by atoms with E-state index in [1.165, 1.54) is 0 Å². The molecule has 0 aromatic carbocycles. The van der Waals surface area contributed by atoms with E-state index >= 15 is 0 Å². The molecule has 2 atom stereocenters. The van der Waals surface area contributed by atoms with Crippen LogP contribution in [0.25, 0.3) is 0 Å². The molecule has 0 radical (unpaired) electrons. The topological polar surface area (TPSA) is 105 Å². The molecule has 24 heavy (non-hydrogen) atoms. The summed E-state index contributed by atoms with van der Waals surface area (Å²) in [4.78, 5) is 23.5. The van der Waals surface area contributed by atoms with Crippen LogP contribution in [-0.4, -0.2) is 38.2 Å². The van der Waals surface area contributed by atoms with Gasteiger partial charge in [0, 0.05) is 12.8 Å². The van der Waals surface area contributed by atoms with E-state index in [1.807, 2.05) is 0 Å². The number of esters is 2. The molecule has 0 unspecified atom stereocenters. The number of carbonyl (C=O) groups is 2. The van der Waals surface area contributed by atoms with Gasteiger partial charge in [0.15, 0.2) is 0 Å². The van der Waals surface area contributed by atoms with Crippen LogP contribution in [0, 0.1) is 23.7 Å². The van der Waals surface area contributed by atoms with E-state index < -0.39 is 0 Å². The molecule has 0 aromatic rings. The highest BCUT2D eigenvalue weighted by Gasteiger charge is 2.17. The van der Waals surface area contributed by atoms with Crippen molar-refractivity contribution < 1.29 is 19.1 Å². The monoisotopic (exact) mass is 344 g/mol. The Kier molecular flexibility index (Phi) is 12.6. The maximum atomic E-state index is 11.7. The maximum Gasteiger partial charge on any atom is 0.306 e. The first-order valence-electron chi connectivity index (χ1n) is 8.99. The summed E-state index contributed by atoms with van der Waals surface area (Å²) in [7, 11) is 0. The Morgan fingerprint density at radius 3 is 1.33 bits per heavy atom. The molecular weight excluding hydrogens is 308 g/mol. The Bertz CT molecular complexity index is 325. The zero-order chi connectivity index (χ0) is 18.5. The molecule has 0 rings (SSSR count). The summed E-state index contributed by atoms with van der Waals surface area (Å²) in [5, 5.41) is 0. The summed E-state index contributed by atoms with van der Waals surface area (Å²) < 4.78 is 10.2. The second-order valence-corrected chi connectivity index (χ2v) is 7.31. The van der Waals surface area contributed by atoms with Gasteiger partial charge in [-0.25, -0.2) is 0 Å². The van der Waals surface area contributed by atoms with Crippen LogP contribution < -0.4 is 11.5 Å². The van der Waals surface area contributed by atoms with Crippen LogP contribution >= 0.6 is 0 Å². The van der Waals surface area contributed by atoms with Gasteiger partial charge in [0.2, 0.25) is 0 Å². The number of rotatable bonds is 13. The molecule has 0 aliphatic rings. The van der Waals surface area contributed by atoms with Crippen LogP contribution in [0.4, 0.5) is 0 Å². The molecule has 0 saturated carbocycles. The normalized spacial score (nSPS) is 13.8. The molecule has 0 aliphatic carbocycles. The molecule has 0 heterocycles. The smallest absolute Gasteiger partial charge is 0.306 e. The minimum Gasteiger partial charge on any atom is -0.462 e. The number of carbonyl (C=O) groups excluding carboxylic acids is 2. The van der Waals surface area contributed by atoms with Gasteiger partial charge in [-0.15, -0.1) is 0 Å². The van der Waals surface area contributed by atoms with Crippen molar-refractivity contribution in [2.24, 2.45) is 35.1 Å². The second-order valence-electron chi connectivity index (χ2n) is 7.31. The molecule has 0 aliphatic heterocycles. The average Bonchev–Trinajstić information content (AvgIpc) is 2.49. The van der Waals surface area contributed by atoms with Crippen molar-refractivity contribution in [2.45, 2.75) is 53.4 Å². The number of nitrogens with two attached hydrogens (primary N) is 2. The van der Waals surface area contributed by atoms with E-state index in [0.717, 1.165) is 12.8 Å². The molecule has 6 heteroatoms. The Balaban J connectivity index is 3.90. The average molecular weight is 344 g/mol. The van der Waals surface area contributed by atoms with E-state index in [4.69, 9.17) is 20.9 Å². The molecule has 4 N–H and O–H groups in total. The summed E-state index contributed by atoms with van der Waals surface area (Å²) in [5.74, 6) is 0.689. The van der Waals surface area contributed by atoms with Gasteiger partial charge >= 0.3 is 11.9 Å². The third-order valence-electron chi connectivity index (χ3n) is 3.80. The van der Waals surface area contributed by atoms with Crippen molar-refractivity contribution in [1.82, 2.24) is 0 Å². The predicted molar refractivity (Wildman–Crippen MR) is 95.2 cm³/mol. The summed E-state index contributed by atoms with van der Waals surface area (Å²) in [6.45, 7) is 9.50. The van der Waals surface area contributed by atoms with Gasteiger partial charge in [-0.2, -0.15) is 0 Å². The van der Waals surface area contributed by atoms with Crippen LogP contribution in [0.2, 0.25) is 0 Å². The summed E-state index contributed by atoms with van der Waals surface area (Å²) in [6.07, 6.45) is 2.42. The summed E-state index contributed by atoms with van der Waals surface area (Å²) in [6, 6.07) is 0. The number of ether oxygens (including phenoxy) is 2. The molecular formula is C18H36N2O4. The largest absolute Gasteiger partial charge is 0.462 e. The zero-order valence-corrected chi connectivity index (χ0v) is 15.8. The SMILES string of the molecule is CC(C)C[C@H](CN)CC(=O)OCCOC(=O)C[C@@H](CN)CC(C)C. The van der Waals surface area contributed by atoms with E-state index in [-0.39, 0.29) is 37.0 Å². The Morgan fingerprint density at radius 2 is 1.08 bits per heavy atom. The fourth-order valence-corrected chi connectivity index (χ4v) is 2.76. The first kappa shape index (κ1) is 22.9. The maximum absolute atomic E-state index is 11.7. The van der Waals surface area contributed by atoms with Crippen molar-refractivity contribution in [1.29, 1.82) is 0 Å². The Hall–Kier alpha value is -1.14. The predicted octanol–water partition coefficient (Wildman–Crippen LogP) is 2.10. The van der Waals surface area contributed by atoms with Gasteiger partial charge in [0.05, 0.1) is 0 Å². The zero-order valence-electron chi connectivity index (χ0n) is 15.8.